The average Bonchev–Trinajstić information content (AvgIpc) is 3.48. The lowest BCUT2D eigenvalue weighted by Crippen LogP contribution is -2.45. The number of hydrogen-bond acceptors (Lipinski definition) is 6. The molecule has 1 saturated heterocycles. The number of halogens is 1. The van der Waals surface area contributed by atoms with Crippen LogP contribution < -0.4 is 14.2 Å². The Morgan fingerprint density at radius 1 is 0.900 bits per heavy atom. The third-order valence-corrected chi connectivity index (χ3v) is 8.63. The molecule has 216 valence electrons. The van der Waals surface area contributed by atoms with Crippen LogP contribution in [0.15, 0.2) is 72.8 Å². The summed E-state index contributed by atoms with van der Waals surface area (Å²) >= 11 is 0. The molecule has 0 N–H and O–H groups in total. The van der Waals surface area contributed by atoms with E-state index < -0.39 is 20.2 Å². The molecule has 1 aliphatic heterocycles. The Bertz CT molecular complexity index is 1190. The van der Waals surface area contributed by atoms with E-state index in [-0.39, 0.29) is 18.5 Å². The van der Waals surface area contributed by atoms with Gasteiger partial charge in [-0.1, -0.05) is 45.6 Å². The second-order valence-electron chi connectivity index (χ2n) is 11.3. The maximum absolute atomic E-state index is 14.0. The van der Waals surface area contributed by atoms with Crippen LogP contribution in [0.5, 0.6) is 17.2 Å². The van der Waals surface area contributed by atoms with Crippen molar-refractivity contribution >= 4 is 8.07 Å². The zero-order chi connectivity index (χ0) is 28.6. The molecular weight excluding hydrogens is 527 g/mol. The van der Waals surface area contributed by atoms with Gasteiger partial charge < -0.3 is 28.4 Å². The largest absolute Gasteiger partial charge is 0.468 e. The SMILES string of the molecule is CCC(C)C(Oc1ccc(OCOCC[Si](C)(C)C)cc1)(Oc1cccc(C2OCCO2)c1)c1ccc(F)cc1. The van der Waals surface area contributed by atoms with E-state index in [1.807, 2.05) is 48.5 Å². The summed E-state index contributed by atoms with van der Waals surface area (Å²) in [5, 5.41) is 0. The van der Waals surface area contributed by atoms with E-state index in [0.717, 1.165) is 18.0 Å². The molecule has 3 aromatic carbocycles. The molecule has 1 fully saturated rings. The molecule has 4 rings (SSSR count). The van der Waals surface area contributed by atoms with Gasteiger partial charge in [-0.3, -0.25) is 0 Å². The van der Waals surface area contributed by atoms with E-state index in [1.165, 1.54) is 12.1 Å². The Balaban J connectivity index is 1.57. The van der Waals surface area contributed by atoms with Crippen molar-refractivity contribution in [3.05, 3.63) is 89.7 Å². The minimum absolute atomic E-state index is 0.101. The minimum Gasteiger partial charge on any atom is -0.468 e. The molecule has 0 saturated carbocycles. The van der Waals surface area contributed by atoms with Crippen molar-refractivity contribution < 1.29 is 32.8 Å². The van der Waals surface area contributed by atoms with Crippen LogP contribution in [0.1, 0.15) is 37.7 Å². The summed E-state index contributed by atoms with van der Waals surface area (Å²) in [4.78, 5) is 0. The van der Waals surface area contributed by atoms with Crippen LogP contribution in [0.4, 0.5) is 4.39 Å². The zero-order valence-corrected chi connectivity index (χ0v) is 25.2. The van der Waals surface area contributed by atoms with Gasteiger partial charge in [0.1, 0.15) is 23.1 Å². The molecule has 1 heterocycles. The van der Waals surface area contributed by atoms with E-state index in [9.17, 15) is 4.39 Å². The van der Waals surface area contributed by atoms with Crippen molar-refractivity contribution in [2.45, 2.75) is 58.0 Å². The van der Waals surface area contributed by atoms with Gasteiger partial charge in [0.2, 0.25) is 0 Å². The molecule has 6 nitrogen and oxygen atoms in total. The maximum Gasteiger partial charge on any atom is 0.280 e. The van der Waals surface area contributed by atoms with Gasteiger partial charge >= 0.3 is 0 Å². The second-order valence-corrected chi connectivity index (χ2v) is 16.9. The number of benzene rings is 3. The molecule has 1 aliphatic rings. The van der Waals surface area contributed by atoms with Crippen molar-refractivity contribution in [2.24, 2.45) is 5.92 Å². The van der Waals surface area contributed by atoms with E-state index >= 15 is 0 Å². The molecule has 0 spiro atoms. The molecular formula is C32H41FO6Si. The van der Waals surface area contributed by atoms with E-state index in [1.54, 1.807) is 12.1 Å². The van der Waals surface area contributed by atoms with Gasteiger partial charge in [0.05, 0.1) is 13.2 Å². The summed E-state index contributed by atoms with van der Waals surface area (Å²) in [6.07, 6.45) is 0.322. The molecule has 0 aromatic heterocycles. The Kier molecular flexibility index (Phi) is 10.2. The highest BCUT2D eigenvalue weighted by Gasteiger charge is 2.43. The third kappa shape index (κ3) is 8.07. The Morgan fingerprint density at radius 2 is 1.55 bits per heavy atom. The molecule has 0 bridgehead atoms. The first-order chi connectivity index (χ1) is 19.2. The summed E-state index contributed by atoms with van der Waals surface area (Å²) in [5.74, 6) is 0.207. The number of hydrogen-bond donors (Lipinski definition) is 0. The quantitative estimate of drug-likeness (QED) is 0.112. The predicted octanol–water partition coefficient (Wildman–Crippen LogP) is 7.92. The van der Waals surface area contributed by atoms with Gasteiger partial charge in [0.15, 0.2) is 13.1 Å². The first-order valence-corrected chi connectivity index (χ1v) is 17.7. The van der Waals surface area contributed by atoms with Crippen LogP contribution in [-0.2, 0) is 20.0 Å². The third-order valence-electron chi connectivity index (χ3n) is 6.93. The fraction of sp³-hybridized carbons (Fsp3) is 0.438. The topological polar surface area (TPSA) is 55.4 Å². The summed E-state index contributed by atoms with van der Waals surface area (Å²) in [5.41, 5.74) is 1.57. The number of ether oxygens (including phenoxy) is 6. The van der Waals surface area contributed by atoms with Gasteiger partial charge in [-0.25, -0.2) is 4.39 Å². The summed E-state index contributed by atoms with van der Waals surface area (Å²) in [7, 11) is -1.14. The van der Waals surface area contributed by atoms with Crippen LogP contribution >= 0.6 is 0 Å². The van der Waals surface area contributed by atoms with Crippen LogP contribution in [-0.4, -0.2) is 34.7 Å². The van der Waals surface area contributed by atoms with Crippen LogP contribution in [0.2, 0.25) is 25.7 Å². The van der Waals surface area contributed by atoms with E-state index in [4.69, 9.17) is 28.4 Å². The molecule has 0 amide bonds. The highest BCUT2D eigenvalue weighted by Crippen LogP contribution is 2.40. The van der Waals surface area contributed by atoms with Gasteiger partial charge in [0.25, 0.3) is 5.79 Å². The summed E-state index contributed by atoms with van der Waals surface area (Å²) in [6.45, 7) is 13.1. The molecule has 0 radical (unpaired) electrons. The van der Waals surface area contributed by atoms with Gasteiger partial charge in [0, 0.05) is 31.7 Å². The zero-order valence-electron chi connectivity index (χ0n) is 24.2. The Morgan fingerprint density at radius 3 is 2.20 bits per heavy atom. The van der Waals surface area contributed by atoms with Crippen LogP contribution in [0.3, 0.4) is 0 Å². The van der Waals surface area contributed by atoms with E-state index in [0.29, 0.717) is 42.6 Å². The fourth-order valence-corrected chi connectivity index (χ4v) is 5.11. The Hall–Kier alpha value is -2.91. The minimum atomic E-state index is -1.24. The van der Waals surface area contributed by atoms with Crippen molar-refractivity contribution in [3.63, 3.8) is 0 Å². The van der Waals surface area contributed by atoms with E-state index in [2.05, 4.69) is 33.5 Å². The van der Waals surface area contributed by atoms with Gasteiger partial charge in [-0.2, -0.15) is 0 Å². The molecule has 40 heavy (non-hydrogen) atoms. The van der Waals surface area contributed by atoms with Crippen molar-refractivity contribution in [2.75, 3.05) is 26.6 Å². The summed E-state index contributed by atoms with van der Waals surface area (Å²) in [6, 6.07) is 22.4. The molecule has 8 heteroatoms. The second kappa shape index (κ2) is 13.6. The summed E-state index contributed by atoms with van der Waals surface area (Å²) < 4.78 is 50.2. The van der Waals surface area contributed by atoms with Crippen LogP contribution in [0.25, 0.3) is 0 Å². The normalized spacial score (nSPS) is 16.4. The number of rotatable bonds is 14. The van der Waals surface area contributed by atoms with Gasteiger partial charge in [-0.05, 0) is 73.1 Å². The first-order valence-electron chi connectivity index (χ1n) is 14.0. The first kappa shape index (κ1) is 30.1. The molecule has 2 unspecified atom stereocenters. The molecule has 2 atom stereocenters. The highest BCUT2D eigenvalue weighted by molar-refractivity contribution is 6.76. The molecule has 3 aromatic rings. The highest BCUT2D eigenvalue weighted by atomic mass is 28.3. The average molecular weight is 569 g/mol. The standard InChI is InChI=1S/C32H41FO6Si/c1-6-24(2)32(26-10-12-27(33)13-11-26,39-30-9-7-8-25(22-30)31-35-18-19-36-31)38-29-16-14-28(15-17-29)37-23-34-20-21-40(3,4)5/h7-17,22,24,31H,6,18-21,23H2,1-5H3. The van der Waals surface area contributed by atoms with Crippen LogP contribution in [0, 0.1) is 11.7 Å². The van der Waals surface area contributed by atoms with Crippen molar-refractivity contribution in [1.82, 2.24) is 0 Å². The van der Waals surface area contributed by atoms with Crippen molar-refractivity contribution in [3.8, 4) is 17.2 Å². The lowest BCUT2D eigenvalue weighted by atomic mass is 9.90. The fourth-order valence-electron chi connectivity index (χ4n) is 4.35. The van der Waals surface area contributed by atoms with Crippen molar-refractivity contribution in [1.29, 1.82) is 0 Å². The maximum atomic E-state index is 14.0. The predicted molar refractivity (Wildman–Crippen MR) is 156 cm³/mol. The Labute approximate surface area is 238 Å². The lowest BCUT2D eigenvalue weighted by molar-refractivity contribution is -0.162. The lowest BCUT2D eigenvalue weighted by Gasteiger charge is -2.39. The van der Waals surface area contributed by atoms with Gasteiger partial charge in [-0.15, -0.1) is 0 Å². The monoisotopic (exact) mass is 568 g/mol. The molecule has 0 aliphatic carbocycles. The smallest absolute Gasteiger partial charge is 0.280 e.